The second kappa shape index (κ2) is 8.51. The Hall–Kier alpha value is -2.98. The maximum absolute atomic E-state index is 14.6. The highest BCUT2D eigenvalue weighted by atomic mass is 35.5. The fourth-order valence-corrected chi connectivity index (χ4v) is 4.57. The van der Waals surface area contributed by atoms with Gasteiger partial charge in [-0.2, -0.15) is 0 Å². The molecule has 0 radical (unpaired) electrons. The highest BCUT2D eigenvalue weighted by Gasteiger charge is 2.28. The molecule has 170 valence electrons. The lowest BCUT2D eigenvalue weighted by Crippen LogP contribution is -3.12. The number of rotatable bonds is 5. The minimum absolute atomic E-state index is 0.00196. The first-order valence-corrected chi connectivity index (χ1v) is 10.8. The summed E-state index contributed by atoms with van der Waals surface area (Å²) in [6.07, 6.45) is 1.34. The third-order valence-corrected chi connectivity index (χ3v) is 6.66. The number of quaternary nitrogens is 1. The SMILES string of the molecule is Cn1c(=O)c2c(nc(C[NH+]3CCC(C(N)=O)CC3)n2Cc2c(F)cccc2Cl)n(C)c1=O. The van der Waals surface area contributed by atoms with Crippen molar-refractivity contribution in [3.63, 3.8) is 0 Å². The Bertz CT molecular complexity index is 1300. The van der Waals surface area contributed by atoms with Crippen LogP contribution in [0.15, 0.2) is 27.8 Å². The lowest BCUT2D eigenvalue weighted by molar-refractivity contribution is -0.920. The van der Waals surface area contributed by atoms with Gasteiger partial charge in [0.1, 0.15) is 12.4 Å². The normalized spacial score (nSPS) is 18.9. The molecule has 0 unspecified atom stereocenters. The van der Waals surface area contributed by atoms with Crippen molar-refractivity contribution in [1.82, 2.24) is 18.7 Å². The molecule has 3 N–H and O–H groups in total. The monoisotopic (exact) mass is 463 g/mol. The van der Waals surface area contributed by atoms with E-state index in [4.69, 9.17) is 17.3 Å². The first-order chi connectivity index (χ1) is 15.2. The van der Waals surface area contributed by atoms with Crippen LogP contribution in [-0.2, 0) is 32.0 Å². The minimum atomic E-state index is -0.503. The molecule has 3 aromatic rings. The molecule has 0 aliphatic carbocycles. The van der Waals surface area contributed by atoms with E-state index >= 15 is 0 Å². The van der Waals surface area contributed by atoms with E-state index in [-0.39, 0.29) is 40.1 Å². The van der Waals surface area contributed by atoms with E-state index in [0.717, 1.165) is 4.57 Å². The van der Waals surface area contributed by atoms with Crippen molar-refractivity contribution in [2.24, 2.45) is 25.7 Å². The molecule has 9 nitrogen and oxygen atoms in total. The molecule has 4 rings (SSSR count). The number of amides is 1. The number of carbonyl (C=O) groups excluding carboxylic acids is 1. The van der Waals surface area contributed by atoms with Crippen molar-refractivity contribution in [2.75, 3.05) is 13.1 Å². The lowest BCUT2D eigenvalue weighted by atomic mass is 9.96. The van der Waals surface area contributed by atoms with Gasteiger partial charge in [0.05, 0.1) is 19.6 Å². The highest BCUT2D eigenvalue weighted by Crippen LogP contribution is 2.22. The number of hydrogen-bond acceptors (Lipinski definition) is 4. The maximum Gasteiger partial charge on any atom is 0.332 e. The average Bonchev–Trinajstić information content (AvgIpc) is 3.11. The number of carbonyl (C=O) groups is 1. The number of aromatic nitrogens is 4. The molecule has 1 fully saturated rings. The van der Waals surface area contributed by atoms with Gasteiger partial charge >= 0.3 is 5.69 Å². The van der Waals surface area contributed by atoms with E-state index in [1.54, 1.807) is 17.7 Å². The van der Waals surface area contributed by atoms with Crippen LogP contribution in [0.2, 0.25) is 5.02 Å². The maximum atomic E-state index is 14.6. The van der Waals surface area contributed by atoms with Crippen molar-refractivity contribution >= 4 is 28.7 Å². The summed E-state index contributed by atoms with van der Waals surface area (Å²) in [5.74, 6) is -0.362. The third kappa shape index (κ3) is 3.84. The number of imidazole rings is 1. The smallest absolute Gasteiger partial charge is 0.332 e. The molecule has 11 heteroatoms. The fourth-order valence-electron chi connectivity index (χ4n) is 4.35. The van der Waals surface area contributed by atoms with Crippen LogP contribution < -0.4 is 21.9 Å². The first-order valence-electron chi connectivity index (χ1n) is 10.4. The molecule has 0 atom stereocenters. The summed E-state index contributed by atoms with van der Waals surface area (Å²) in [6.45, 7) is 1.88. The van der Waals surface area contributed by atoms with Gasteiger partial charge in [-0.05, 0) is 12.1 Å². The predicted octanol–water partition coefficient (Wildman–Crippen LogP) is -0.445. The third-order valence-electron chi connectivity index (χ3n) is 6.31. The standard InChI is InChI=1S/C21H24ClFN6O3/c1-26-19-17(20(31)27(2)21(26)32)29(10-13-14(22)4-3-5-15(13)23)16(25-19)11-28-8-6-12(7-9-28)18(24)30/h3-5,12H,6-11H2,1-2H3,(H2,24,30)/p+1. The van der Waals surface area contributed by atoms with E-state index in [1.165, 1.54) is 28.6 Å². The van der Waals surface area contributed by atoms with Gasteiger partial charge in [0.2, 0.25) is 5.91 Å². The number of fused-ring (bicyclic) bond motifs is 1. The van der Waals surface area contributed by atoms with E-state index in [2.05, 4.69) is 4.98 Å². The molecule has 3 heterocycles. The molecule has 1 aliphatic rings. The number of piperidine rings is 1. The highest BCUT2D eigenvalue weighted by molar-refractivity contribution is 6.31. The molecule has 0 saturated carbocycles. The summed E-state index contributed by atoms with van der Waals surface area (Å²) >= 11 is 6.25. The second-order valence-electron chi connectivity index (χ2n) is 8.30. The Morgan fingerprint density at radius 2 is 1.94 bits per heavy atom. The number of nitrogens with zero attached hydrogens (tertiary/aromatic N) is 4. The van der Waals surface area contributed by atoms with E-state index in [9.17, 15) is 18.8 Å². The first kappa shape index (κ1) is 22.2. The summed E-state index contributed by atoms with van der Waals surface area (Å²) in [5.41, 5.74) is 5.15. The number of nitrogens with two attached hydrogens (primary N) is 1. The van der Waals surface area contributed by atoms with Gasteiger partial charge in [0.15, 0.2) is 17.0 Å². The molecular weight excluding hydrogens is 439 g/mol. The summed E-state index contributed by atoms with van der Waals surface area (Å²) in [7, 11) is 2.95. The average molecular weight is 464 g/mol. The number of aryl methyl sites for hydroxylation is 1. The number of hydrogen-bond donors (Lipinski definition) is 2. The second-order valence-corrected chi connectivity index (χ2v) is 8.70. The van der Waals surface area contributed by atoms with Gasteiger partial charge in [-0.25, -0.2) is 14.2 Å². The van der Waals surface area contributed by atoms with Gasteiger partial charge in [0.25, 0.3) is 5.56 Å². The van der Waals surface area contributed by atoms with Gasteiger partial charge in [0, 0.05) is 43.4 Å². The van der Waals surface area contributed by atoms with Crippen LogP contribution in [-0.4, -0.2) is 37.7 Å². The van der Waals surface area contributed by atoms with Crippen LogP contribution in [0.5, 0.6) is 0 Å². The predicted molar refractivity (Wildman–Crippen MR) is 117 cm³/mol. The van der Waals surface area contributed by atoms with Gasteiger partial charge in [-0.15, -0.1) is 0 Å². The molecule has 32 heavy (non-hydrogen) atoms. The zero-order valence-corrected chi connectivity index (χ0v) is 18.7. The minimum Gasteiger partial charge on any atom is -0.369 e. The van der Waals surface area contributed by atoms with Crippen molar-refractivity contribution in [3.8, 4) is 0 Å². The van der Waals surface area contributed by atoms with E-state index in [0.29, 0.717) is 38.3 Å². The van der Waals surface area contributed by atoms with Crippen molar-refractivity contribution in [3.05, 3.63) is 61.3 Å². The molecule has 1 aromatic carbocycles. The van der Waals surface area contributed by atoms with Crippen LogP contribution >= 0.6 is 11.6 Å². The molecule has 1 saturated heterocycles. The van der Waals surface area contributed by atoms with Crippen LogP contribution in [0.4, 0.5) is 4.39 Å². The lowest BCUT2D eigenvalue weighted by Gasteiger charge is -2.27. The topological polar surface area (TPSA) is 109 Å². The van der Waals surface area contributed by atoms with Crippen molar-refractivity contribution < 1.29 is 14.1 Å². The number of primary amides is 1. The summed E-state index contributed by atoms with van der Waals surface area (Å²) in [5, 5.41) is 0.245. The summed E-state index contributed by atoms with van der Waals surface area (Å²) in [6, 6.07) is 4.42. The number of halogens is 2. The van der Waals surface area contributed by atoms with Crippen LogP contribution in [0.1, 0.15) is 24.2 Å². The Kier molecular flexibility index (Phi) is 5.91. The number of likely N-dealkylation sites (tertiary alicyclic amines) is 1. The molecular formula is C21H25ClFN6O3+. The molecule has 2 aromatic heterocycles. The Morgan fingerprint density at radius 3 is 2.56 bits per heavy atom. The van der Waals surface area contributed by atoms with Crippen LogP contribution in [0.25, 0.3) is 11.2 Å². The molecule has 0 bridgehead atoms. The zero-order chi connectivity index (χ0) is 23.2. The Labute approximate surface area is 187 Å². The molecule has 1 amide bonds. The number of nitrogens with one attached hydrogen (secondary N) is 1. The van der Waals surface area contributed by atoms with Crippen LogP contribution in [0.3, 0.4) is 0 Å². The van der Waals surface area contributed by atoms with E-state index < -0.39 is 17.1 Å². The quantitative estimate of drug-likeness (QED) is 0.534. The van der Waals surface area contributed by atoms with Crippen LogP contribution in [0, 0.1) is 11.7 Å². The fraction of sp³-hybridized carbons (Fsp3) is 0.429. The van der Waals surface area contributed by atoms with Crippen molar-refractivity contribution in [2.45, 2.75) is 25.9 Å². The largest absolute Gasteiger partial charge is 0.369 e. The van der Waals surface area contributed by atoms with Gasteiger partial charge in [-0.1, -0.05) is 17.7 Å². The molecule has 1 aliphatic heterocycles. The van der Waals surface area contributed by atoms with Gasteiger partial charge < -0.3 is 15.2 Å². The van der Waals surface area contributed by atoms with Gasteiger partial charge in [-0.3, -0.25) is 18.7 Å². The molecule has 0 spiro atoms. The summed E-state index contributed by atoms with van der Waals surface area (Å²) in [4.78, 5) is 42.7. The summed E-state index contributed by atoms with van der Waals surface area (Å²) < 4.78 is 18.5. The Balaban J connectivity index is 1.81. The Morgan fingerprint density at radius 1 is 1.25 bits per heavy atom. The zero-order valence-electron chi connectivity index (χ0n) is 17.9. The van der Waals surface area contributed by atoms with Crippen molar-refractivity contribution in [1.29, 1.82) is 0 Å². The number of benzene rings is 1. The van der Waals surface area contributed by atoms with E-state index in [1.807, 2.05) is 0 Å².